The average molecular weight is 326 g/mol. The molecule has 1 aliphatic rings. The van der Waals surface area contributed by atoms with Crippen molar-refractivity contribution in [2.24, 2.45) is 0 Å². The van der Waals surface area contributed by atoms with E-state index in [0.717, 1.165) is 34.0 Å². The van der Waals surface area contributed by atoms with E-state index in [1.54, 1.807) is 6.07 Å². The van der Waals surface area contributed by atoms with Crippen molar-refractivity contribution in [2.45, 2.75) is 31.2 Å². The van der Waals surface area contributed by atoms with Gasteiger partial charge in [-0.15, -0.1) is 0 Å². The van der Waals surface area contributed by atoms with E-state index in [2.05, 4.69) is 34.8 Å². The minimum Gasteiger partial charge on any atom is -0.361 e. The molecule has 1 aliphatic heterocycles. The summed E-state index contributed by atoms with van der Waals surface area (Å²) in [5.41, 5.74) is 5.31. The molecule has 1 aromatic heterocycles. The van der Waals surface area contributed by atoms with Crippen LogP contribution in [0.1, 0.15) is 30.5 Å². The van der Waals surface area contributed by atoms with Crippen LogP contribution in [0.3, 0.4) is 0 Å². The number of H-pyrrole nitrogens is 1. The Kier molecular flexibility index (Phi) is 3.11. The van der Waals surface area contributed by atoms with Crippen molar-refractivity contribution in [3.8, 4) is 11.1 Å². The molecule has 0 spiro atoms. The molecule has 2 aromatic carbocycles. The number of hydrogen-bond acceptors (Lipinski definition) is 2. The molecule has 2 heterocycles. The standard InChI is InChI=1S/C18H18N2O2S/c1-3-16-14-9-12(5-7-18(14)23(21,22)20-16)15-10-19-17-8-11(2)4-6-13(15)17/h4-10,16,19-20H,3H2,1-2H3. The summed E-state index contributed by atoms with van der Waals surface area (Å²) in [5.74, 6) is 0. The summed E-state index contributed by atoms with van der Waals surface area (Å²) in [7, 11) is -3.36. The number of aromatic nitrogens is 1. The van der Waals surface area contributed by atoms with Crippen LogP contribution in [-0.2, 0) is 10.0 Å². The first-order valence-corrected chi connectivity index (χ1v) is 9.22. The van der Waals surface area contributed by atoms with Gasteiger partial charge >= 0.3 is 0 Å². The molecular weight excluding hydrogens is 308 g/mol. The molecule has 4 rings (SSSR count). The highest BCUT2D eigenvalue weighted by molar-refractivity contribution is 7.89. The molecule has 0 saturated heterocycles. The number of aryl methyl sites for hydroxylation is 1. The van der Waals surface area contributed by atoms with Gasteiger partial charge in [-0.3, -0.25) is 0 Å². The van der Waals surface area contributed by atoms with Crippen molar-refractivity contribution < 1.29 is 8.42 Å². The summed E-state index contributed by atoms with van der Waals surface area (Å²) in [5, 5.41) is 1.15. The summed E-state index contributed by atoms with van der Waals surface area (Å²) in [6.07, 6.45) is 2.73. The molecule has 0 fully saturated rings. The second-order valence-corrected chi connectivity index (χ2v) is 7.77. The van der Waals surface area contributed by atoms with Crippen molar-refractivity contribution >= 4 is 20.9 Å². The van der Waals surface area contributed by atoms with Crippen LogP contribution in [0.15, 0.2) is 47.5 Å². The van der Waals surface area contributed by atoms with Crippen LogP contribution >= 0.6 is 0 Å². The molecule has 118 valence electrons. The maximum Gasteiger partial charge on any atom is 0.241 e. The van der Waals surface area contributed by atoms with E-state index in [-0.39, 0.29) is 6.04 Å². The minimum absolute atomic E-state index is 0.137. The second-order valence-electron chi connectivity index (χ2n) is 6.09. The van der Waals surface area contributed by atoms with Crippen molar-refractivity contribution in [3.05, 3.63) is 53.7 Å². The zero-order valence-electron chi connectivity index (χ0n) is 13.1. The Labute approximate surface area is 135 Å². The molecule has 23 heavy (non-hydrogen) atoms. The number of hydrogen-bond donors (Lipinski definition) is 2. The van der Waals surface area contributed by atoms with Crippen LogP contribution in [0.2, 0.25) is 0 Å². The molecule has 0 aliphatic carbocycles. The van der Waals surface area contributed by atoms with Crippen LogP contribution in [0.5, 0.6) is 0 Å². The average Bonchev–Trinajstić information content (AvgIpc) is 3.05. The molecule has 1 unspecified atom stereocenters. The predicted octanol–water partition coefficient (Wildman–Crippen LogP) is 3.89. The van der Waals surface area contributed by atoms with Gasteiger partial charge in [0.1, 0.15) is 0 Å². The van der Waals surface area contributed by atoms with Gasteiger partial charge in [0.15, 0.2) is 0 Å². The quantitative estimate of drug-likeness (QED) is 0.750. The van der Waals surface area contributed by atoms with Gasteiger partial charge < -0.3 is 4.98 Å². The third-order valence-electron chi connectivity index (χ3n) is 4.53. The van der Waals surface area contributed by atoms with Crippen LogP contribution in [0.25, 0.3) is 22.0 Å². The van der Waals surface area contributed by atoms with Gasteiger partial charge in [-0.1, -0.05) is 25.1 Å². The van der Waals surface area contributed by atoms with E-state index in [0.29, 0.717) is 4.90 Å². The number of aromatic amines is 1. The van der Waals surface area contributed by atoms with Gasteiger partial charge in [-0.05, 0) is 48.2 Å². The lowest BCUT2D eigenvalue weighted by Crippen LogP contribution is -2.18. The van der Waals surface area contributed by atoms with Crippen LogP contribution < -0.4 is 4.72 Å². The third-order valence-corrected chi connectivity index (χ3v) is 6.07. The summed E-state index contributed by atoms with van der Waals surface area (Å²) in [6, 6.07) is 11.8. The fourth-order valence-corrected chi connectivity index (χ4v) is 4.88. The molecule has 5 heteroatoms. The molecule has 3 aromatic rings. The minimum atomic E-state index is -3.36. The maximum absolute atomic E-state index is 12.2. The number of rotatable bonds is 2. The fourth-order valence-electron chi connectivity index (χ4n) is 3.33. The Morgan fingerprint density at radius 3 is 2.74 bits per heavy atom. The molecule has 1 atom stereocenters. The van der Waals surface area contributed by atoms with Gasteiger partial charge in [-0.25, -0.2) is 13.1 Å². The molecule has 0 radical (unpaired) electrons. The molecule has 4 nitrogen and oxygen atoms in total. The molecule has 0 bridgehead atoms. The third kappa shape index (κ3) is 2.19. The largest absolute Gasteiger partial charge is 0.361 e. The Balaban J connectivity index is 1.91. The van der Waals surface area contributed by atoms with Crippen LogP contribution in [-0.4, -0.2) is 13.4 Å². The Morgan fingerprint density at radius 2 is 1.96 bits per heavy atom. The van der Waals surface area contributed by atoms with E-state index in [1.165, 1.54) is 5.56 Å². The number of fused-ring (bicyclic) bond motifs is 2. The van der Waals surface area contributed by atoms with Crippen molar-refractivity contribution in [1.29, 1.82) is 0 Å². The first kappa shape index (κ1) is 14.5. The lowest BCUT2D eigenvalue weighted by atomic mass is 9.98. The van der Waals surface area contributed by atoms with Crippen molar-refractivity contribution in [1.82, 2.24) is 9.71 Å². The normalized spacial score (nSPS) is 19.1. The van der Waals surface area contributed by atoms with E-state index < -0.39 is 10.0 Å². The molecule has 0 amide bonds. The zero-order chi connectivity index (χ0) is 16.2. The Hall–Kier alpha value is -2.11. The number of sulfonamides is 1. The van der Waals surface area contributed by atoms with E-state index in [4.69, 9.17) is 0 Å². The summed E-state index contributed by atoms with van der Waals surface area (Å²) < 4.78 is 27.0. The first-order valence-electron chi connectivity index (χ1n) is 7.74. The number of nitrogens with one attached hydrogen (secondary N) is 2. The van der Waals surface area contributed by atoms with Gasteiger partial charge in [0.05, 0.1) is 4.90 Å². The van der Waals surface area contributed by atoms with Gasteiger partial charge in [-0.2, -0.15) is 0 Å². The van der Waals surface area contributed by atoms with Crippen LogP contribution in [0.4, 0.5) is 0 Å². The predicted molar refractivity (Wildman–Crippen MR) is 91.8 cm³/mol. The Bertz CT molecular complexity index is 1020. The van der Waals surface area contributed by atoms with E-state index in [1.807, 2.05) is 25.3 Å². The number of benzene rings is 2. The van der Waals surface area contributed by atoms with E-state index in [9.17, 15) is 8.42 Å². The van der Waals surface area contributed by atoms with Gasteiger partial charge in [0.25, 0.3) is 0 Å². The smallest absolute Gasteiger partial charge is 0.241 e. The van der Waals surface area contributed by atoms with Crippen LogP contribution in [0, 0.1) is 6.92 Å². The highest BCUT2D eigenvalue weighted by Gasteiger charge is 2.33. The maximum atomic E-state index is 12.2. The van der Waals surface area contributed by atoms with E-state index >= 15 is 0 Å². The van der Waals surface area contributed by atoms with Gasteiger partial charge in [0.2, 0.25) is 10.0 Å². The second kappa shape index (κ2) is 4.94. The zero-order valence-corrected chi connectivity index (χ0v) is 13.9. The highest BCUT2D eigenvalue weighted by Crippen LogP contribution is 2.37. The fraction of sp³-hybridized carbons (Fsp3) is 0.222. The summed E-state index contributed by atoms with van der Waals surface area (Å²) in [4.78, 5) is 3.71. The summed E-state index contributed by atoms with van der Waals surface area (Å²) >= 11 is 0. The van der Waals surface area contributed by atoms with Crippen molar-refractivity contribution in [3.63, 3.8) is 0 Å². The Morgan fingerprint density at radius 1 is 1.13 bits per heavy atom. The lowest BCUT2D eigenvalue weighted by molar-refractivity contribution is 0.571. The molecule has 0 saturated carbocycles. The summed E-state index contributed by atoms with van der Waals surface area (Å²) in [6.45, 7) is 4.06. The monoisotopic (exact) mass is 326 g/mol. The SMILES string of the molecule is CCC1NS(=O)(=O)c2ccc(-c3c[nH]c4cc(C)ccc34)cc21. The molecular formula is C18H18N2O2S. The lowest BCUT2D eigenvalue weighted by Gasteiger charge is -2.08. The molecule has 2 N–H and O–H groups in total. The highest BCUT2D eigenvalue weighted by atomic mass is 32.2. The van der Waals surface area contributed by atoms with Crippen molar-refractivity contribution in [2.75, 3.05) is 0 Å². The first-order chi connectivity index (χ1) is 11.0. The topological polar surface area (TPSA) is 62.0 Å². The van der Waals surface area contributed by atoms with Gasteiger partial charge in [0, 0.05) is 28.7 Å².